The number of carbonyl (C=O) groups excluding carboxylic acids is 1. The number of amides is 2. The van der Waals surface area contributed by atoms with Gasteiger partial charge >= 0.3 is 6.03 Å². The van der Waals surface area contributed by atoms with Crippen LogP contribution in [0.2, 0.25) is 0 Å². The Labute approximate surface area is 106 Å². The first-order valence-electron chi connectivity index (χ1n) is 6.15. The highest BCUT2D eigenvalue weighted by Crippen LogP contribution is 2.17. The third kappa shape index (κ3) is 3.70. The average molecular weight is 253 g/mol. The van der Waals surface area contributed by atoms with E-state index in [0.29, 0.717) is 12.6 Å². The van der Waals surface area contributed by atoms with Crippen LogP contribution in [0.4, 0.5) is 4.79 Å². The maximum absolute atomic E-state index is 11.9. The van der Waals surface area contributed by atoms with Gasteiger partial charge in [0.1, 0.15) is 5.01 Å². The lowest BCUT2D eigenvalue weighted by atomic mass is 9.96. The third-order valence-corrected chi connectivity index (χ3v) is 3.90. The summed E-state index contributed by atoms with van der Waals surface area (Å²) in [6.07, 6.45) is 7.80. The Morgan fingerprint density at radius 1 is 1.53 bits per heavy atom. The van der Waals surface area contributed by atoms with Gasteiger partial charge in [-0.25, -0.2) is 9.78 Å². The van der Waals surface area contributed by atoms with Crippen molar-refractivity contribution in [2.24, 2.45) is 0 Å². The van der Waals surface area contributed by atoms with Crippen LogP contribution in [0.15, 0.2) is 11.6 Å². The highest BCUT2D eigenvalue weighted by Gasteiger charge is 2.18. The van der Waals surface area contributed by atoms with E-state index in [9.17, 15) is 4.79 Å². The topological polar surface area (TPSA) is 45.2 Å². The molecule has 1 fully saturated rings. The van der Waals surface area contributed by atoms with E-state index in [1.807, 2.05) is 12.4 Å². The van der Waals surface area contributed by atoms with Gasteiger partial charge in [0.25, 0.3) is 0 Å². The number of urea groups is 1. The lowest BCUT2D eigenvalue weighted by Gasteiger charge is -2.25. The molecule has 2 amide bonds. The molecule has 0 aromatic carbocycles. The Hall–Kier alpha value is -1.10. The van der Waals surface area contributed by atoms with Crippen LogP contribution < -0.4 is 5.32 Å². The summed E-state index contributed by atoms with van der Waals surface area (Å²) in [6.45, 7) is 0.593. The highest BCUT2D eigenvalue weighted by atomic mass is 32.1. The molecule has 94 valence electrons. The number of hydrogen-bond donors (Lipinski definition) is 1. The predicted molar refractivity (Wildman–Crippen MR) is 69.0 cm³/mol. The first kappa shape index (κ1) is 12.4. The Balaban J connectivity index is 1.78. The van der Waals surface area contributed by atoms with E-state index in [4.69, 9.17) is 0 Å². The van der Waals surface area contributed by atoms with E-state index in [0.717, 1.165) is 17.8 Å². The van der Waals surface area contributed by atoms with Gasteiger partial charge in [0.15, 0.2) is 0 Å². The molecule has 1 saturated carbocycles. The number of rotatable bonds is 3. The first-order valence-corrected chi connectivity index (χ1v) is 7.03. The number of hydrogen-bond acceptors (Lipinski definition) is 3. The molecule has 0 radical (unpaired) electrons. The SMILES string of the molecule is CN(Cc1nccs1)C(=O)NC1CCCCC1. The van der Waals surface area contributed by atoms with Crippen molar-refractivity contribution in [3.05, 3.63) is 16.6 Å². The van der Waals surface area contributed by atoms with Gasteiger partial charge < -0.3 is 10.2 Å². The van der Waals surface area contributed by atoms with Crippen LogP contribution >= 0.6 is 11.3 Å². The largest absolute Gasteiger partial charge is 0.335 e. The van der Waals surface area contributed by atoms with Crippen LogP contribution in [0.5, 0.6) is 0 Å². The molecule has 0 atom stereocenters. The number of thiazole rings is 1. The van der Waals surface area contributed by atoms with Crippen LogP contribution in [0.3, 0.4) is 0 Å². The standard InChI is InChI=1S/C12H19N3OS/c1-15(9-11-13-7-8-17-11)12(16)14-10-5-3-2-4-6-10/h7-8,10H,2-6,9H2,1H3,(H,14,16). The summed E-state index contributed by atoms with van der Waals surface area (Å²) < 4.78 is 0. The summed E-state index contributed by atoms with van der Waals surface area (Å²) in [4.78, 5) is 17.8. The molecule has 5 heteroatoms. The summed E-state index contributed by atoms with van der Waals surface area (Å²) in [5, 5.41) is 6.01. The van der Waals surface area contributed by atoms with Gasteiger partial charge in [0.2, 0.25) is 0 Å². The molecular formula is C12H19N3OS. The molecule has 17 heavy (non-hydrogen) atoms. The maximum atomic E-state index is 11.9. The lowest BCUT2D eigenvalue weighted by Crippen LogP contribution is -2.43. The van der Waals surface area contributed by atoms with Gasteiger partial charge in [-0.1, -0.05) is 19.3 Å². The predicted octanol–water partition coefficient (Wildman–Crippen LogP) is 2.62. The number of nitrogens with zero attached hydrogens (tertiary/aromatic N) is 2. The zero-order valence-corrected chi connectivity index (χ0v) is 11.0. The van der Waals surface area contributed by atoms with Crippen LogP contribution in [-0.2, 0) is 6.54 Å². The van der Waals surface area contributed by atoms with Gasteiger partial charge in [-0.05, 0) is 12.8 Å². The molecule has 0 unspecified atom stereocenters. The second-order valence-electron chi connectivity index (χ2n) is 4.57. The molecule has 0 aliphatic heterocycles. The molecule has 1 N–H and O–H groups in total. The van der Waals surface area contributed by atoms with Gasteiger partial charge in [-0.3, -0.25) is 0 Å². The van der Waals surface area contributed by atoms with Crippen molar-refractivity contribution in [3.8, 4) is 0 Å². The van der Waals surface area contributed by atoms with Crippen LogP contribution in [0.25, 0.3) is 0 Å². The van der Waals surface area contributed by atoms with Crippen molar-refractivity contribution >= 4 is 17.4 Å². The number of aromatic nitrogens is 1. The zero-order chi connectivity index (χ0) is 12.1. The molecular weight excluding hydrogens is 234 g/mol. The van der Waals surface area contributed by atoms with Crippen LogP contribution in [0.1, 0.15) is 37.1 Å². The van der Waals surface area contributed by atoms with E-state index in [2.05, 4.69) is 10.3 Å². The first-order chi connectivity index (χ1) is 8.25. The van der Waals surface area contributed by atoms with Crippen molar-refractivity contribution < 1.29 is 4.79 Å². The molecule has 0 spiro atoms. The van der Waals surface area contributed by atoms with Gasteiger partial charge in [0, 0.05) is 24.7 Å². The Kier molecular flexibility index (Phi) is 4.36. The molecule has 1 aliphatic rings. The number of carbonyl (C=O) groups is 1. The smallest absolute Gasteiger partial charge is 0.317 e. The van der Waals surface area contributed by atoms with Crippen molar-refractivity contribution in [1.82, 2.24) is 15.2 Å². The van der Waals surface area contributed by atoms with Crippen molar-refractivity contribution in [2.75, 3.05) is 7.05 Å². The average Bonchev–Trinajstić information content (AvgIpc) is 2.83. The number of nitrogens with one attached hydrogen (secondary N) is 1. The van der Waals surface area contributed by atoms with Crippen LogP contribution in [0, 0.1) is 0 Å². The van der Waals surface area contributed by atoms with E-state index < -0.39 is 0 Å². The fraction of sp³-hybridized carbons (Fsp3) is 0.667. The lowest BCUT2D eigenvalue weighted by molar-refractivity contribution is 0.198. The maximum Gasteiger partial charge on any atom is 0.317 e. The normalized spacial score (nSPS) is 16.8. The van der Waals surface area contributed by atoms with E-state index >= 15 is 0 Å². The molecule has 0 bridgehead atoms. The minimum absolute atomic E-state index is 0.0205. The molecule has 1 aromatic rings. The fourth-order valence-electron chi connectivity index (χ4n) is 2.14. The quantitative estimate of drug-likeness (QED) is 0.900. The Bertz CT molecular complexity index is 347. The minimum Gasteiger partial charge on any atom is -0.335 e. The second kappa shape index (κ2) is 6.00. The van der Waals surface area contributed by atoms with Gasteiger partial charge in [-0.2, -0.15) is 0 Å². The van der Waals surface area contributed by atoms with E-state index in [-0.39, 0.29) is 6.03 Å². The van der Waals surface area contributed by atoms with Crippen molar-refractivity contribution in [1.29, 1.82) is 0 Å². The van der Waals surface area contributed by atoms with Gasteiger partial charge in [-0.15, -0.1) is 11.3 Å². The summed E-state index contributed by atoms with van der Waals surface area (Å²) >= 11 is 1.58. The third-order valence-electron chi connectivity index (χ3n) is 3.14. The molecule has 2 rings (SSSR count). The monoisotopic (exact) mass is 253 g/mol. The Morgan fingerprint density at radius 2 is 2.29 bits per heavy atom. The molecule has 1 aromatic heterocycles. The molecule has 1 aliphatic carbocycles. The van der Waals surface area contributed by atoms with E-state index in [1.54, 1.807) is 22.4 Å². The summed E-state index contributed by atoms with van der Waals surface area (Å²) in [7, 11) is 1.82. The summed E-state index contributed by atoms with van der Waals surface area (Å²) in [5.41, 5.74) is 0. The highest BCUT2D eigenvalue weighted by molar-refractivity contribution is 7.09. The summed E-state index contributed by atoms with van der Waals surface area (Å²) in [6, 6.07) is 0.391. The van der Waals surface area contributed by atoms with Gasteiger partial charge in [0.05, 0.1) is 6.54 Å². The van der Waals surface area contributed by atoms with Crippen molar-refractivity contribution in [2.45, 2.75) is 44.7 Å². The molecule has 4 nitrogen and oxygen atoms in total. The van der Waals surface area contributed by atoms with Crippen LogP contribution in [-0.4, -0.2) is 29.0 Å². The zero-order valence-electron chi connectivity index (χ0n) is 10.2. The fourth-order valence-corrected chi connectivity index (χ4v) is 2.81. The molecule has 0 saturated heterocycles. The minimum atomic E-state index is 0.0205. The molecule has 1 heterocycles. The Morgan fingerprint density at radius 3 is 2.94 bits per heavy atom. The second-order valence-corrected chi connectivity index (χ2v) is 5.55. The van der Waals surface area contributed by atoms with E-state index in [1.165, 1.54) is 19.3 Å². The summed E-state index contributed by atoms with van der Waals surface area (Å²) in [5.74, 6) is 0. The van der Waals surface area contributed by atoms with Crippen molar-refractivity contribution in [3.63, 3.8) is 0 Å².